The van der Waals surface area contributed by atoms with Crippen molar-refractivity contribution in [2.75, 3.05) is 19.6 Å². The van der Waals surface area contributed by atoms with Crippen molar-refractivity contribution in [3.05, 3.63) is 35.0 Å². The van der Waals surface area contributed by atoms with Gasteiger partial charge >= 0.3 is 5.97 Å². The number of carbonyl (C=O) groups is 1. The minimum atomic E-state index is -0.854. The second-order valence-corrected chi connectivity index (χ2v) is 6.86. The highest BCUT2D eigenvalue weighted by Gasteiger charge is 2.19. The third-order valence-electron chi connectivity index (χ3n) is 5.02. The summed E-state index contributed by atoms with van der Waals surface area (Å²) >= 11 is 0. The van der Waals surface area contributed by atoms with E-state index < -0.39 is 5.97 Å². The molecule has 0 amide bonds. The fourth-order valence-corrected chi connectivity index (χ4v) is 3.90. The summed E-state index contributed by atoms with van der Waals surface area (Å²) in [7, 11) is 0. The average molecular weight is 314 g/mol. The summed E-state index contributed by atoms with van der Waals surface area (Å²) in [6, 6.07) is 5.90. The molecule has 3 rings (SSSR count). The van der Waals surface area contributed by atoms with Gasteiger partial charge in [0.05, 0.1) is 5.56 Å². The van der Waals surface area contributed by atoms with Gasteiger partial charge in [-0.3, -0.25) is 0 Å². The molecule has 0 atom stereocenters. The van der Waals surface area contributed by atoms with Crippen molar-refractivity contribution in [3.8, 4) is 0 Å². The third kappa shape index (κ3) is 3.00. The molecule has 1 fully saturated rings. The van der Waals surface area contributed by atoms with Gasteiger partial charge < -0.3 is 14.6 Å². The highest BCUT2D eigenvalue weighted by Crippen LogP contribution is 2.30. The maximum absolute atomic E-state index is 11.3. The Morgan fingerprint density at radius 2 is 1.96 bits per heavy atom. The van der Waals surface area contributed by atoms with Crippen LogP contribution in [0, 0.1) is 6.92 Å². The van der Waals surface area contributed by atoms with Gasteiger partial charge in [-0.2, -0.15) is 0 Å². The lowest BCUT2D eigenvalue weighted by Crippen LogP contribution is -2.22. The molecule has 1 aliphatic rings. The van der Waals surface area contributed by atoms with E-state index in [4.69, 9.17) is 0 Å². The van der Waals surface area contributed by atoms with Crippen molar-refractivity contribution in [1.82, 2.24) is 9.47 Å². The summed E-state index contributed by atoms with van der Waals surface area (Å²) in [6.45, 7) is 9.99. The van der Waals surface area contributed by atoms with E-state index >= 15 is 0 Å². The zero-order valence-corrected chi connectivity index (χ0v) is 14.3. The number of aromatic carboxylic acids is 1. The number of hydrogen-bond acceptors (Lipinski definition) is 2. The Morgan fingerprint density at radius 1 is 1.26 bits per heavy atom. The zero-order chi connectivity index (χ0) is 16.6. The maximum atomic E-state index is 11.3. The Labute approximate surface area is 137 Å². The van der Waals surface area contributed by atoms with Gasteiger partial charge in [-0.25, -0.2) is 4.79 Å². The van der Waals surface area contributed by atoms with E-state index in [1.807, 2.05) is 12.1 Å². The molecule has 0 radical (unpaired) electrons. The van der Waals surface area contributed by atoms with Gasteiger partial charge in [0.1, 0.15) is 0 Å². The number of benzene rings is 1. The number of aromatic nitrogens is 1. The lowest BCUT2D eigenvalue weighted by Gasteiger charge is -2.15. The van der Waals surface area contributed by atoms with Gasteiger partial charge in [0, 0.05) is 29.2 Å². The molecule has 0 spiro atoms. The minimum Gasteiger partial charge on any atom is -0.478 e. The Balaban J connectivity index is 2.03. The second kappa shape index (κ2) is 6.36. The summed E-state index contributed by atoms with van der Waals surface area (Å²) in [4.78, 5) is 13.8. The first-order valence-corrected chi connectivity index (χ1v) is 8.58. The molecular formula is C19H26N2O2. The van der Waals surface area contributed by atoms with Gasteiger partial charge in [0.2, 0.25) is 0 Å². The molecule has 0 bridgehead atoms. The van der Waals surface area contributed by atoms with E-state index in [0.717, 1.165) is 23.9 Å². The number of hydrogen-bond donors (Lipinski definition) is 1. The molecule has 23 heavy (non-hydrogen) atoms. The van der Waals surface area contributed by atoms with Crippen LogP contribution in [0.15, 0.2) is 18.2 Å². The molecule has 0 saturated carbocycles. The van der Waals surface area contributed by atoms with Crippen molar-refractivity contribution in [1.29, 1.82) is 0 Å². The molecule has 4 heteroatoms. The first kappa shape index (κ1) is 16.1. The number of rotatable bonds is 5. The van der Waals surface area contributed by atoms with Crippen LogP contribution in [0.2, 0.25) is 0 Å². The Bertz CT molecular complexity index is 725. The van der Waals surface area contributed by atoms with Crippen molar-refractivity contribution in [2.24, 2.45) is 0 Å². The number of likely N-dealkylation sites (tertiary alicyclic amines) is 1. The quantitative estimate of drug-likeness (QED) is 0.911. The van der Waals surface area contributed by atoms with E-state index in [1.54, 1.807) is 6.07 Å². The summed E-state index contributed by atoms with van der Waals surface area (Å²) in [5.74, 6) is -0.854. The smallest absolute Gasteiger partial charge is 0.335 e. The molecule has 4 nitrogen and oxygen atoms in total. The first-order valence-electron chi connectivity index (χ1n) is 8.58. The molecule has 1 aromatic heterocycles. The Hall–Kier alpha value is -1.81. The van der Waals surface area contributed by atoms with Gasteiger partial charge in [-0.05, 0) is 76.9 Å². The predicted octanol–water partition coefficient (Wildman–Crippen LogP) is 3.87. The highest BCUT2D eigenvalue weighted by molar-refractivity contribution is 5.95. The van der Waals surface area contributed by atoms with Gasteiger partial charge in [0.25, 0.3) is 0 Å². The van der Waals surface area contributed by atoms with Crippen LogP contribution in [0.1, 0.15) is 54.3 Å². The van der Waals surface area contributed by atoms with Crippen LogP contribution in [-0.4, -0.2) is 40.2 Å². The molecule has 1 aromatic carbocycles. The fourth-order valence-electron chi connectivity index (χ4n) is 3.90. The van der Waals surface area contributed by atoms with E-state index in [2.05, 4.69) is 30.2 Å². The van der Waals surface area contributed by atoms with Crippen molar-refractivity contribution in [2.45, 2.75) is 46.1 Å². The zero-order valence-electron chi connectivity index (χ0n) is 14.3. The minimum absolute atomic E-state index is 0.369. The SMILES string of the molecule is Cc1c(CCN2CCCC2)c2cc(C(=O)O)ccc2n1C(C)C. The predicted molar refractivity (Wildman–Crippen MR) is 93.4 cm³/mol. The summed E-state index contributed by atoms with van der Waals surface area (Å²) in [5, 5.41) is 10.4. The van der Waals surface area contributed by atoms with E-state index in [9.17, 15) is 9.90 Å². The summed E-state index contributed by atoms with van der Waals surface area (Å²) in [6.07, 6.45) is 3.59. The van der Waals surface area contributed by atoms with Crippen LogP contribution in [-0.2, 0) is 6.42 Å². The van der Waals surface area contributed by atoms with Crippen molar-refractivity contribution < 1.29 is 9.90 Å². The van der Waals surface area contributed by atoms with Crippen LogP contribution >= 0.6 is 0 Å². The van der Waals surface area contributed by atoms with Crippen molar-refractivity contribution in [3.63, 3.8) is 0 Å². The summed E-state index contributed by atoms with van der Waals surface area (Å²) < 4.78 is 2.33. The third-order valence-corrected chi connectivity index (χ3v) is 5.02. The van der Waals surface area contributed by atoms with Gasteiger partial charge in [-0.1, -0.05) is 0 Å². The summed E-state index contributed by atoms with van der Waals surface area (Å²) in [5.41, 5.74) is 4.11. The van der Waals surface area contributed by atoms with Crippen LogP contribution in [0.3, 0.4) is 0 Å². The average Bonchev–Trinajstić information content (AvgIpc) is 3.09. The Kier molecular flexibility index (Phi) is 4.44. The number of carboxylic acid groups (broad SMARTS) is 1. The fraction of sp³-hybridized carbons (Fsp3) is 0.526. The largest absolute Gasteiger partial charge is 0.478 e. The number of nitrogens with zero attached hydrogens (tertiary/aromatic N) is 2. The second-order valence-electron chi connectivity index (χ2n) is 6.86. The molecule has 1 N–H and O–H groups in total. The molecular weight excluding hydrogens is 288 g/mol. The molecule has 1 aliphatic heterocycles. The molecule has 0 aliphatic carbocycles. The normalized spacial score (nSPS) is 15.8. The lowest BCUT2D eigenvalue weighted by atomic mass is 10.1. The molecule has 2 heterocycles. The maximum Gasteiger partial charge on any atom is 0.335 e. The lowest BCUT2D eigenvalue weighted by molar-refractivity contribution is 0.0697. The topological polar surface area (TPSA) is 45.5 Å². The molecule has 124 valence electrons. The van der Waals surface area contributed by atoms with E-state index in [-0.39, 0.29) is 0 Å². The van der Waals surface area contributed by atoms with E-state index in [1.165, 1.54) is 37.2 Å². The first-order chi connectivity index (χ1) is 11.0. The van der Waals surface area contributed by atoms with Gasteiger partial charge in [0.15, 0.2) is 0 Å². The van der Waals surface area contributed by atoms with Crippen LogP contribution < -0.4 is 0 Å². The molecule has 2 aromatic rings. The standard InChI is InChI=1S/C19H26N2O2/c1-13(2)21-14(3)16(8-11-20-9-4-5-10-20)17-12-15(19(22)23)6-7-18(17)21/h6-7,12-13H,4-5,8-11H2,1-3H3,(H,22,23). The van der Waals surface area contributed by atoms with Crippen molar-refractivity contribution >= 4 is 16.9 Å². The molecule has 1 saturated heterocycles. The van der Waals surface area contributed by atoms with Crippen LogP contribution in [0.5, 0.6) is 0 Å². The molecule has 0 unspecified atom stereocenters. The van der Waals surface area contributed by atoms with Gasteiger partial charge in [-0.15, -0.1) is 0 Å². The van der Waals surface area contributed by atoms with E-state index in [0.29, 0.717) is 11.6 Å². The number of carboxylic acids is 1. The van der Waals surface area contributed by atoms with Crippen LogP contribution in [0.4, 0.5) is 0 Å². The highest BCUT2D eigenvalue weighted by atomic mass is 16.4. The Morgan fingerprint density at radius 3 is 2.57 bits per heavy atom. The van der Waals surface area contributed by atoms with Crippen LogP contribution in [0.25, 0.3) is 10.9 Å². The monoisotopic (exact) mass is 314 g/mol. The number of fused-ring (bicyclic) bond motifs is 1.